The number of rotatable bonds is 3. The van der Waals surface area contributed by atoms with Gasteiger partial charge in [-0.2, -0.15) is 0 Å². The molecule has 0 aromatic rings. The van der Waals surface area contributed by atoms with Crippen molar-refractivity contribution in [3.63, 3.8) is 0 Å². The Balaban J connectivity index is 2.07. The molecule has 1 rings (SSSR count). The van der Waals surface area contributed by atoms with Crippen molar-refractivity contribution in [1.82, 2.24) is 15.5 Å². The molecular formula is C6H12N3S. The van der Waals surface area contributed by atoms with Gasteiger partial charge in [0.15, 0.2) is 0 Å². The second-order valence-corrected chi connectivity index (χ2v) is 2.51. The largest absolute Gasteiger partial charge is 0.361 e. The van der Waals surface area contributed by atoms with E-state index in [2.05, 4.69) is 33.2 Å². The first-order chi connectivity index (χ1) is 4.93. The van der Waals surface area contributed by atoms with E-state index in [4.69, 9.17) is 0 Å². The van der Waals surface area contributed by atoms with Gasteiger partial charge in [0.2, 0.25) is 0 Å². The van der Waals surface area contributed by atoms with Crippen LogP contribution in [0.3, 0.4) is 0 Å². The molecule has 10 heavy (non-hydrogen) atoms. The molecule has 1 heterocycles. The maximum absolute atomic E-state index is 4.52. The number of thiocarbonyl (C=S) groups is 1. The first-order valence-electron chi connectivity index (χ1n) is 3.46. The van der Waals surface area contributed by atoms with Crippen molar-refractivity contribution in [2.24, 2.45) is 0 Å². The molecule has 4 heteroatoms. The van der Waals surface area contributed by atoms with E-state index in [-0.39, 0.29) is 0 Å². The predicted octanol–water partition coefficient (Wildman–Crippen LogP) is -0.727. The highest BCUT2D eigenvalue weighted by molar-refractivity contribution is 7.78. The van der Waals surface area contributed by atoms with E-state index in [0.717, 1.165) is 32.8 Å². The number of hydrogen-bond acceptors (Lipinski definition) is 3. The summed E-state index contributed by atoms with van der Waals surface area (Å²) in [5.74, 6) is 0. The summed E-state index contributed by atoms with van der Waals surface area (Å²) in [7, 11) is 0. The molecule has 2 N–H and O–H groups in total. The monoisotopic (exact) mass is 158 g/mol. The van der Waals surface area contributed by atoms with E-state index >= 15 is 0 Å². The molecule has 0 saturated carbocycles. The minimum Gasteiger partial charge on any atom is -0.361 e. The van der Waals surface area contributed by atoms with E-state index in [1.165, 1.54) is 0 Å². The van der Waals surface area contributed by atoms with Gasteiger partial charge in [-0.15, -0.1) is 0 Å². The highest BCUT2D eigenvalue weighted by Crippen LogP contribution is 1.87. The summed E-state index contributed by atoms with van der Waals surface area (Å²) in [6.45, 7) is 5.21. The van der Waals surface area contributed by atoms with Gasteiger partial charge in [0.25, 0.3) is 0 Å². The van der Waals surface area contributed by atoms with Gasteiger partial charge in [-0.25, -0.2) is 0 Å². The van der Waals surface area contributed by atoms with Gasteiger partial charge in [-0.05, 0) is 0 Å². The maximum Gasteiger partial charge on any atom is 0.135 e. The van der Waals surface area contributed by atoms with Gasteiger partial charge in [-0.3, -0.25) is 4.90 Å². The zero-order chi connectivity index (χ0) is 7.23. The van der Waals surface area contributed by atoms with Gasteiger partial charge in [0.05, 0.1) is 6.67 Å². The molecule has 57 valence electrons. The average molecular weight is 158 g/mol. The number of nitrogens with one attached hydrogen (secondary N) is 2. The van der Waals surface area contributed by atoms with Crippen LogP contribution in [0.1, 0.15) is 0 Å². The quantitative estimate of drug-likeness (QED) is 0.418. The Hall–Kier alpha value is -0.190. The van der Waals surface area contributed by atoms with Crippen molar-refractivity contribution in [2.75, 3.05) is 32.8 Å². The van der Waals surface area contributed by atoms with E-state index in [1.807, 2.05) is 0 Å². The Morgan fingerprint density at radius 3 is 2.80 bits per heavy atom. The molecule has 0 atom stereocenters. The first-order valence-corrected chi connectivity index (χ1v) is 3.87. The predicted molar refractivity (Wildman–Crippen MR) is 45.0 cm³/mol. The zero-order valence-corrected chi connectivity index (χ0v) is 6.71. The SMILES string of the molecule is S=[C]NCN1CCNCC1. The molecule has 0 aliphatic carbocycles. The normalized spacial score (nSPS) is 20.4. The number of piperazine rings is 1. The fraction of sp³-hybridized carbons (Fsp3) is 0.833. The second-order valence-electron chi connectivity index (χ2n) is 2.30. The molecule has 0 bridgehead atoms. The van der Waals surface area contributed by atoms with Gasteiger partial charge >= 0.3 is 0 Å². The molecule has 0 amide bonds. The lowest BCUT2D eigenvalue weighted by Gasteiger charge is -2.26. The van der Waals surface area contributed by atoms with Gasteiger partial charge in [0, 0.05) is 26.2 Å². The smallest absolute Gasteiger partial charge is 0.135 e. The van der Waals surface area contributed by atoms with Gasteiger partial charge < -0.3 is 10.6 Å². The van der Waals surface area contributed by atoms with Crippen LogP contribution < -0.4 is 10.6 Å². The van der Waals surface area contributed by atoms with Crippen LogP contribution in [0, 0.1) is 0 Å². The molecule has 0 unspecified atom stereocenters. The van der Waals surface area contributed by atoms with Crippen molar-refractivity contribution in [3.05, 3.63) is 0 Å². The fourth-order valence-corrected chi connectivity index (χ4v) is 1.08. The third-order valence-electron chi connectivity index (χ3n) is 1.58. The molecule has 3 nitrogen and oxygen atoms in total. The van der Waals surface area contributed by atoms with Crippen LogP contribution in [0.4, 0.5) is 0 Å². The summed E-state index contributed by atoms with van der Waals surface area (Å²) in [4.78, 5) is 2.30. The molecule has 0 aromatic carbocycles. The minimum atomic E-state index is 0.838. The lowest BCUT2D eigenvalue weighted by molar-refractivity contribution is 0.238. The van der Waals surface area contributed by atoms with Gasteiger partial charge in [-0.1, -0.05) is 12.2 Å². The van der Waals surface area contributed by atoms with E-state index in [9.17, 15) is 0 Å². The van der Waals surface area contributed by atoms with Crippen LogP contribution in [0.15, 0.2) is 0 Å². The fourth-order valence-electron chi connectivity index (χ4n) is 1.01. The molecule has 0 aromatic heterocycles. The van der Waals surface area contributed by atoms with Crippen LogP contribution in [0.2, 0.25) is 0 Å². The third-order valence-corrected chi connectivity index (χ3v) is 1.73. The lowest BCUT2D eigenvalue weighted by atomic mass is 10.4. The summed E-state index contributed by atoms with van der Waals surface area (Å²) in [6, 6.07) is 0. The van der Waals surface area contributed by atoms with Crippen molar-refractivity contribution in [2.45, 2.75) is 0 Å². The number of nitrogens with zero attached hydrogens (tertiary/aromatic N) is 1. The Morgan fingerprint density at radius 1 is 1.50 bits per heavy atom. The van der Waals surface area contributed by atoms with E-state index in [0.29, 0.717) is 0 Å². The summed E-state index contributed by atoms with van der Waals surface area (Å²) < 4.78 is 0. The van der Waals surface area contributed by atoms with Crippen molar-refractivity contribution in [1.29, 1.82) is 0 Å². The topological polar surface area (TPSA) is 27.3 Å². The summed E-state index contributed by atoms with van der Waals surface area (Å²) in [5.41, 5.74) is 2.49. The zero-order valence-electron chi connectivity index (χ0n) is 5.89. The molecule has 0 spiro atoms. The third kappa shape index (κ3) is 2.60. The van der Waals surface area contributed by atoms with Crippen LogP contribution in [-0.2, 0) is 0 Å². The number of hydrogen-bond donors (Lipinski definition) is 2. The molecule has 1 aliphatic heterocycles. The highest BCUT2D eigenvalue weighted by atomic mass is 32.1. The Morgan fingerprint density at radius 2 is 2.20 bits per heavy atom. The van der Waals surface area contributed by atoms with Crippen molar-refractivity contribution < 1.29 is 0 Å². The maximum atomic E-state index is 4.52. The highest BCUT2D eigenvalue weighted by Gasteiger charge is 2.06. The molecule has 1 fully saturated rings. The van der Waals surface area contributed by atoms with Crippen LogP contribution >= 0.6 is 12.2 Å². The molecule has 1 saturated heterocycles. The van der Waals surface area contributed by atoms with Gasteiger partial charge in [0.1, 0.15) is 5.49 Å². The lowest BCUT2D eigenvalue weighted by Crippen LogP contribution is -2.46. The van der Waals surface area contributed by atoms with Crippen molar-refractivity contribution >= 4 is 17.7 Å². The van der Waals surface area contributed by atoms with E-state index < -0.39 is 0 Å². The van der Waals surface area contributed by atoms with E-state index in [1.54, 1.807) is 0 Å². The summed E-state index contributed by atoms with van der Waals surface area (Å²) >= 11 is 4.52. The molecule has 1 radical (unpaired) electrons. The molecule has 1 aliphatic rings. The summed E-state index contributed by atoms with van der Waals surface area (Å²) in [5, 5.41) is 6.16. The second kappa shape index (κ2) is 4.60. The Labute approximate surface area is 66.8 Å². The minimum absolute atomic E-state index is 0.838. The average Bonchev–Trinajstić information content (AvgIpc) is 2.03. The molecular weight excluding hydrogens is 146 g/mol. The Bertz CT molecular complexity index is 101. The van der Waals surface area contributed by atoms with Crippen LogP contribution in [-0.4, -0.2) is 43.2 Å². The van der Waals surface area contributed by atoms with Crippen LogP contribution in [0.5, 0.6) is 0 Å². The van der Waals surface area contributed by atoms with Crippen molar-refractivity contribution in [3.8, 4) is 0 Å². The summed E-state index contributed by atoms with van der Waals surface area (Å²) in [6.07, 6.45) is 0. The Kier molecular flexibility index (Phi) is 3.64. The van der Waals surface area contributed by atoms with Crippen LogP contribution in [0.25, 0.3) is 0 Å². The standard InChI is InChI=1S/C6H12N3S/c10-6-8-5-9-3-1-7-2-4-9/h7H,1-5H2,(H,8,10). The first kappa shape index (κ1) is 7.91.